The normalized spacial score (nSPS) is 20.1. The summed E-state index contributed by atoms with van der Waals surface area (Å²) in [5, 5.41) is 11.7. The van der Waals surface area contributed by atoms with Crippen LogP contribution in [0, 0.1) is 5.92 Å². The van der Waals surface area contributed by atoms with E-state index in [1.54, 1.807) is 4.90 Å². The second kappa shape index (κ2) is 6.95. The molecule has 1 unspecified atom stereocenters. The van der Waals surface area contributed by atoms with E-state index in [2.05, 4.69) is 9.71 Å². The topological polar surface area (TPSA) is 116 Å². The van der Waals surface area contributed by atoms with Crippen molar-refractivity contribution in [3.63, 3.8) is 0 Å². The second-order valence-corrected chi connectivity index (χ2v) is 7.14. The van der Waals surface area contributed by atoms with Gasteiger partial charge in [0.05, 0.1) is 17.2 Å². The third-order valence-corrected chi connectivity index (χ3v) is 4.75. The van der Waals surface area contributed by atoms with Gasteiger partial charge in [-0.2, -0.15) is 0 Å². The number of amides is 1. The molecule has 0 aromatic rings. The van der Waals surface area contributed by atoms with Gasteiger partial charge in [-0.25, -0.2) is 8.42 Å². The van der Waals surface area contributed by atoms with E-state index in [1.807, 2.05) is 6.92 Å². The standard InChI is InChI=1S/C14H19N3O5S/c1-2-3-10(14(19)20)8-15-13(18)11-4-5-12-16-23(21,22)7-6-17(12)9-11/h4-5,9-10H,2-3,6-8H2,1H3,(H,15,18)(H,19,20). The van der Waals surface area contributed by atoms with E-state index in [0.29, 0.717) is 12.0 Å². The minimum atomic E-state index is -3.43. The summed E-state index contributed by atoms with van der Waals surface area (Å²) < 4.78 is 26.5. The maximum atomic E-state index is 12.1. The molecule has 0 spiro atoms. The van der Waals surface area contributed by atoms with Crippen LogP contribution in [0.1, 0.15) is 19.8 Å². The van der Waals surface area contributed by atoms with E-state index >= 15 is 0 Å². The summed E-state index contributed by atoms with van der Waals surface area (Å²) in [7, 11) is -3.43. The fraction of sp³-hybridized carbons (Fsp3) is 0.500. The molecule has 0 fully saturated rings. The van der Waals surface area contributed by atoms with Crippen molar-refractivity contribution in [1.29, 1.82) is 0 Å². The van der Waals surface area contributed by atoms with Gasteiger partial charge in [0.15, 0.2) is 0 Å². The summed E-state index contributed by atoms with van der Waals surface area (Å²) >= 11 is 0. The van der Waals surface area contributed by atoms with Gasteiger partial charge in [0.2, 0.25) is 0 Å². The summed E-state index contributed by atoms with van der Waals surface area (Å²) in [5.41, 5.74) is 0.337. The van der Waals surface area contributed by atoms with E-state index in [4.69, 9.17) is 5.11 Å². The van der Waals surface area contributed by atoms with Crippen LogP contribution in [-0.2, 0) is 19.6 Å². The molecular formula is C14H19N3O5S. The number of hydrogen-bond donors (Lipinski definition) is 2. The second-order valence-electron chi connectivity index (χ2n) is 5.38. The first kappa shape index (κ1) is 17.2. The minimum absolute atomic E-state index is 0.0580. The Morgan fingerprint density at radius 2 is 2.17 bits per heavy atom. The van der Waals surface area contributed by atoms with Crippen LogP contribution >= 0.6 is 0 Å². The number of aliphatic carboxylic acids is 1. The fourth-order valence-corrected chi connectivity index (χ4v) is 3.28. The van der Waals surface area contributed by atoms with Crippen LogP contribution in [0.2, 0.25) is 0 Å². The van der Waals surface area contributed by atoms with E-state index in [-0.39, 0.29) is 24.7 Å². The van der Waals surface area contributed by atoms with Gasteiger partial charge in [-0.1, -0.05) is 13.3 Å². The van der Waals surface area contributed by atoms with Gasteiger partial charge in [-0.15, -0.1) is 4.40 Å². The molecule has 1 amide bonds. The Bertz CT molecular complexity index is 693. The monoisotopic (exact) mass is 341 g/mol. The van der Waals surface area contributed by atoms with Crippen LogP contribution in [0.4, 0.5) is 0 Å². The highest BCUT2D eigenvalue weighted by atomic mass is 32.2. The number of hydrogen-bond acceptors (Lipinski definition) is 5. The Morgan fingerprint density at radius 1 is 1.43 bits per heavy atom. The Balaban J connectivity index is 2.01. The predicted molar refractivity (Wildman–Crippen MR) is 84.2 cm³/mol. The number of carbonyl (C=O) groups is 2. The number of nitrogens with one attached hydrogen (secondary N) is 1. The number of rotatable bonds is 6. The van der Waals surface area contributed by atoms with Crippen molar-refractivity contribution in [2.45, 2.75) is 19.8 Å². The molecule has 126 valence electrons. The highest BCUT2D eigenvalue weighted by Crippen LogP contribution is 2.16. The number of carboxylic acids is 1. The van der Waals surface area contributed by atoms with Crippen molar-refractivity contribution in [2.24, 2.45) is 10.3 Å². The third-order valence-electron chi connectivity index (χ3n) is 3.58. The minimum Gasteiger partial charge on any atom is -0.481 e. The van der Waals surface area contributed by atoms with Crippen LogP contribution in [0.5, 0.6) is 0 Å². The number of nitrogens with zero attached hydrogens (tertiary/aromatic N) is 2. The zero-order chi connectivity index (χ0) is 17.0. The molecule has 0 radical (unpaired) electrons. The SMILES string of the molecule is CCCC(CNC(=O)C1=CN2CCS(=O)(=O)N=C2C=C1)C(=O)O. The lowest BCUT2D eigenvalue weighted by atomic mass is 10.0. The molecule has 2 aliphatic heterocycles. The molecule has 1 atom stereocenters. The summed E-state index contributed by atoms with van der Waals surface area (Å²) in [4.78, 5) is 24.8. The molecule has 0 saturated heterocycles. The number of fused-ring (bicyclic) bond motifs is 1. The maximum Gasteiger partial charge on any atom is 0.308 e. The molecule has 0 bridgehead atoms. The van der Waals surface area contributed by atoms with E-state index in [0.717, 1.165) is 6.42 Å². The number of sulfonamides is 1. The van der Waals surface area contributed by atoms with Crippen LogP contribution < -0.4 is 5.32 Å². The summed E-state index contributed by atoms with van der Waals surface area (Å²) in [6.45, 7) is 2.17. The van der Waals surface area contributed by atoms with E-state index < -0.39 is 27.8 Å². The molecule has 0 saturated carbocycles. The lowest BCUT2D eigenvalue weighted by Crippen LogP contribution is -2.39. The lowest BCUT2D eigenvalue weighted by molar-refractivity contribution is -0.141. The van der Waals surface area contributed by atoms with Gasteiger partial charge in [0.1, 0.15) is 5.84 Å². The number of carbonyl (C=O) groups excluding carboxylic acids is 1. The molecule has 2 rings (SSSR count). The first-order valence-corrected chi connectivity index (χ1v) is 8.93. The summed E-state index contributed by atoms with van der Waals surface area (Å²) in [6, 6.07) is 0. The smallest absolute Gasteiger partial charge is 0.308 e. The predicted octanol–water partition coefficient (Wildman–Crippen LogP) is 0.101. The van der Waals surface area contributed by atoms with Crippen LogP contribution in [0.25, 0.3) is 0 Å². The Kier molecular flexibility index (Phi) is 5.19. The Morgan fingerprint density at radius 3 is 2.83 bits per heavy atom. The van der Waals surface area contributed by atoms with Gasteiger partial charge in [0, 0.05) is 19.3 Å². The van der Waals surface area contributed by atoms with Gasteiger partial charge >= 0.3 is 5.97 Å². The van der Waals surface area contributed by atoms with Crippen molar-refractivity contribution in [2.75, 3.05) is 18.8 Å². The molecule has 2 aliphatic rings. The highest BCUT2D eigenvalue weighted by Gasteiger charge is 2.25. The molecule has 0 aliphatic carbocycles. The van der Waals surface area contributed by atoms with Crippen molar-refractivity contribution < 1.29 is 23.1 Å². The quantitative estimate of drug-likeness (QED) is 0.708. The van der Waals surface area contributed by atoms with Gasteiger partial charge in [0.25, 0.3) is 15.9 Å². The maximum absolute atomic E-state index is 12.1. The fourth-order valence-electron chi connectivity index (χ4n) is 2.31. The zero-order valence-corrected chi connectivity index (χ0v) is 13.5. The molecule has 2 heterocycles. The molecule has 2 N–H and O–H groups in total. The molecule has 23 heavy (non-hydrogen) atoms. The largest absolute Gasteiger partial charge is 0.481 e. The van der Waals surface area contributed by atoms with Crippen molar-refractivity contribution in [3.8, 4) is 0 Å². The number of carboxylic acid groups (broad SMARTS) is 1. The summed E-state index contributed by atoms with van der Waals surface area (Å²) in [5.74, 6) is -1.77. The molecule has 0 aromatic carbocycles. The van der Waals surface area contributed by atoms with Gasteiger partial charge in [-0.05, 0) is 18.6 Å². The lowest BCUT2D eigenvalue weighted by Gasteiger charge is -2.27. The number of amidine groups is 1. The average molecular weight is 341 g/mol. The van der Waals surface area contributed by atoms with Gasteiger partial charge < -0.3 is 15.3 Å². The summed E-state index contributed by atoms with van der Waals surface area (Å²) in [6.07, 6.45) is 5.68. The zero-order valence-electron chi connectivity index (χ0n) is 12.7. The third kappa shape index (κ3) is 4.41. The Labute approximate surface area is 134 Å². The molecule has 8 nitrogen and oxygen atoms in total. The highest BCUT2D eigenvalue weighted by molar-refractivity contribution is 7.90. The average Bonchev–Trinajstić information content (AvgIpc) is 2.49. The Hall–Kier alpha value is -2.16. The molecule has 9 heteroatoms. The van der Waals surface area contributed by atoms with E-state index in [9.17, 15) is 18.0 Å². The van der Waals surface area contributed by atoms with Crippen molar-refractivity contribution >= 4 is 27.7 Å². The molecule has 0 aromatic heterocycles. The van der Waals surface area contributed by atoms with Crippen LogP contribution in [0.15, 0.2) is 28.3 Å². The first-order valence-electron chi connectivity index (χ1n) is 7.32. The molecular weight excluding hydrogens is 322 g/mol. The van der Waals surface area contributed by atoms with Crippen LogP contribution in [0.3, 0.4) is 0 Å². The van der Waals surface area contributed by atoms with Crippen molar-refractivity contribution in [3.05, 3.63) is 23.9 Å². The first-order chi connectivity index (χ1) is 10.8. The van der Waals surface area contributed by atoms with Crippen molar-refractivity contribution in [1.82, 2.24) is 10.2 Å². The van der Waals surface area contributed by atoms with Crippen LogP contribution in [-0.4, -0.2) is 55.0 Å². The van der Waals surface area contributed by atoms with Gasteiger partial charge in [-0.3, -0.25) is 9.59 Å². The van der Waals surface area contributed by atoms with E-state index in [1.165, 1.54) is 18.4 Å².